The van der Waals surface area contributed by atoms with E-state index in [1.165, 1.54) is 24.6 Å². The molecule has 2 rings (SSSR count). The largest absolute Gasteiger partial charge is 0.496 e. The second-order valence-corrected chi connectivity index (χ2v) is 7.63. The van der Waals surface area contributed by atoms with E-state index >= 15 is 0 Å². The van der Waals surface area contributed by atoms with E-state index in [-0.39, 0.29) is 10.9 Å². The predicted molar refractivity (Wildman–Crippen MR) is 83.5 cm³/mol. The van der Waals surface area contributed by atoms with E-state index in [1.807, 2.05) is 0 Å². The highest BCUT2D eigenvalue weighted by Crippen LogP contribution is 2.36. The first kappa shape index (κ1) is 16.5. The Hall–Kier alpha value is -0.830. The molecule has 118 valence electrons. The predicted octanol–water partition coefficient (Wildman–Crippen LogP) is 1.45. The van der Waals surface area contributed by atoms with Crippen molar-refractivity contribution >= 4 is 26.0 Å². The molecule has 0 saturated carbocycles. The van der Waals surface area contributed by atoms with Gasteiger partial charge in [0.25, 0.3) is 0 Å². The zero-order valence-electron chi connectivity index (χ0n) is 12.2. The number of sulfonamides is 1. The van der Waals surface area contributed by atoms with Crippen molar-refractivity contribution in [1.82, 2.24) is 9.62 Å². The van der Waals surface area contributed by atoms with Gasteiger partial charge in [0.2, 0.25) is 10.0 Å². The lowest BCUT2D eigenvalue weighted by Gasteiger charge is -2.24. The topological polar surface area (TPSA) is 67.9 Å². The number of halogens is 1. The van der Waals surface area contributed by atoms with Crippen LogP contribution < -0.4 is 14.8 Å². The first-order valence-electron chi connectivity index (χ1n) is 6.52. The molecule has 8 heteroatoms. The monoisotopic (exact) mass is 378 g/mol. The third-order valence-corrected chi connectivity index (χ3v) is 6.19. The van der Waals surface area contributed by atoms with Gasteiger partial charge >= 0.3 is 0 Å². The van der Waals surface area contributed by atoms with Gasteiger partial charge in [0.05, 0.1) is 18.7 Å². The molecule has 0 aliphatic carbocycles. The lowest BCUT2D eigenvalue weighted by molar-refractivity contribution is 0.371. The smallest absolute Gasteiger partial charge is 0.246 e. The fourth-order valence-electron chi connectivity index (χ4n) is 2.34. The third kappa shape index (κ3) is 3.18. The van der Waals surface area contributed by atoms with Crippen LogP contribution in [0.25, 0.3) is 0 Å². The summed E-state index contributed by atoms with van der Waals surface area (Å²) in [5, 5.41) is 3.17. The number of benzene rings is 1. The molecule has 1 aromatic carbocycles. The molecule has 0 amide bonds. The van der Waals surface area contributed by atoms with Gasteiger partial charge in [-0.2, -0.15) is 4.31 Å². The minimum atomic E-state index is -3.65. The van der Waals surface area contributed by atoms with E-state index < -0.39 is 10.0 Å². The van der Waals surface area contributed by atoms with Crippen LogP contribution in [-0.4, -0.2) is 53.1 Å². The van der Waals surface area contributed by atoms with E-state index in [4.69, 9.17) is 9.47 Å². The normalized spacial score (nSPS) is 19.0. The second kappa shape index (κ2) is 6.51. The SMILES string of the molecule is COc1cc(S(=O)(=O)N(C)C2CCNC2)c(OC)cc1Br. The summed E-state index contributed by atoms with van der Waals surface area (Å²) in [6, 6.07) is 3.04. The highest BCUT2D eigenvalue weighted by atomic mass is 79.9. The molecule has 1 fully saturated rings. The van der Waals surface area contributed by atoms with E-state index in [0.29, 0.717) is 22.5 Å². The summed E-state index contributed by atoms with van der Waals surface area (Å²) < 4.78 is 38.1. The van der Waals surface area contributed by atoms with Crippen LogP contribution in [0.5, 0.6) is 11.5 Å². The summed E-state index contributed by atoms with van der Waals surface area (Å²) in [6.07, 6.45) is 0.797. The Morgan fingerprint density at radius 2 is 1.95 bits per heavy atom. The lowest BCUT2D eigenvalue weighted by Crippen LogP contribution is -2.38. The number of rotatable bonds is 5. The van der Waals surface area contributed by atoms with Crippen molar-refractivity contribution in [2.45, 2.75) is 17.4 Å². The Balaban J connectivity index is 2.47. The average Bonchev–Trinajstić information content (AvgIpc) is 2.99. The zero-order valence-corrected chi connectivity index (χ0v) is 14.6. The van der Waals surface area contributed by atoms with E-state index in [2.05, 4.69) is 21.2 Å². The Kier molecular flexibility index (Phi) is 5.13. The maximum absolute atomic E-state index is 12.8. The van der Waals surface area contributed by atoms with Gasteiger partial charge in [0, 0.05) is 25.7 Å². The zero-order chi connectivity index (χ0) is 15.6. The molecule has 1 N–H and O–H groups in total. The summed E-state index contributed by atoms with van der Waals surface area (Å²) in [4.78, 5) is 0.111. The number of ether oxygens (including phenoxy) is 2. The van der Waals surface area contributed by atoms with Gasteiger partial charge in [-0.1, -0.05) is 0 Å². The van der Waals surface area contributed by atoms with Gasteiger partial charge in [0.1, 0.15) is 16.4 Å². The maximum atomic E-state index is 12.8. The highest BCUT2D eigenvalue weighted by Gasteiger charge is 2.32. The van der Waals surface area contributed by atoms with E-state index in [1.54, 1.807) is 13.1 Å². The molecule has 0 spiro atoms. The van der Waals surface area contributed by atoms with Crippen LogP contribution in [0.1, 0.15) is 6.42 Å². The lowest BCUT2D eigenvalue weighted by atomic mass is 10.3. The number of nitrogens with zero attached hydrogens (tertiary/aromatic N) is 1. The van der Waals surface area contributed by atoms with Crippen molar-refractivity contribution in [3.05, 3.63) is 16.6 Å². The summed E-state index contributed by atoms with van der Waals surface area (Å²) >= 11 is 3.33. The number of hydrogen-bond acceptors (Lipinski definition) is 5. The van der Waals surface area contributed by atoms with Crippen molar-refractivity contribution in [2.24, 2.45) is 0 Å². The van der Waals surface area contributed by atoms with E-state index in [0.717, 1.165) is 13.0 Å². The Labute approximate surface area is 133 Å². The molecule has 6 nitrogen and oxygen atoms in total. The average molecular weight is 379 g/mol. The second-order valence-electron chi connectivity index (χ2n) is 4.81. The quantitative estimate of drug-likeness (QED) is 0.839. The van der Waals surface area contributed by atoms with Crippen LogP contribution in [0, 0.1) is 0 Å². The molecule has 0 aromatic heterocycles. The van der Waals surface area contributed by atoms with Gasteiger partial charge in [-0.15, -0.1) is 0 Å². The Morgan fingerprint density at radius 3 is 2.48 bits per heavy atom. The molecule has 21 heavy (non-hydrogen) atoms. The molecule has 0 radical (unpaired) electrons. The molecule has 1 atom stereocenters. The summed E-state index contributed by atoms with van der Waals surface area (Å²) in [7, 11) is 0.894. The minimum absolute atomic E-state index is 0.0469. The highest BCUT2D eigenvalue weighted by molar-refractivity contribution is 9.10. The van der Waals surface area contributed by atoms with Crippen molar-refractivity contribution in [2.75, 3.05) is 34.4 Å². The van der Waals surface area contributed by atoms with Gasteiger partial charge in [0.15, 0.2) is 0 Å². The van der Waals surface area contributed by atoms with Crippen molar-refractivity contribution < 1.29 is 17.9 Å². The maximum Gasteiger partial charge on any atom is 0.246 e. The van der Waals surface area contributed by atoms with Gasteiger partial charge in [-0.25, -0.2) is 8.42 Å². The standard InChI is InChI=1S/C13H19BrN2O4S/c1-16(9-4-5-15-8-9)21(17,18)13-7-11(19-2)10(14)6-12(13)20-3/h6-7,9,15H,4-5,8H2,1-3H3. The fraction of sp³-hybridized carbons (Fsp3) is 0.538. The molecule has 1 aliphatic rings. The number of hydrogen-bond donors (Lipinski definition) is 1. The third-order valence-electron chi connectivity index (χ3n) is 3.64. The van der Waals surface area contributed by atoms with Crippen LogP contribution >= 0.6 is 15.9 Å². The van der Waals surface area contributed by atoms with Crippen molar-refractivity contribution in [3.63, 3.8) is 0 Å². The van der Waals surface area contributed by atoms with E-state index in [9.17, 15) is 8.42 Å². The molecule has 0 bridgehead atoms. The molecular weight excluding hydrogens is 360 g/mol. The van der Waals surface area contributed by atoms with Crippen molar-refractivity contribution in [1.29, 1.82) is 0 Å². The van der Waals surface area contributed by atoms with Crippen LogP contribution in [-0.2, 0) is 10.0 Å². The summed E-state index contributed by atoms with van der Waals surface area (Å²) in [6.45, 7) is 1.48. The molecule has 1 aliphatic heterocycles. The summed E-state index contributed by atoms with van der Waals surface area (Å²) in [5.41, 5.74) is 0. The number of likely N-dealkylation sites (N-methyl/N-ethyl adjacent to an activating group) is 1. The van der Waals surface area contributed by atoms with Crippen molar-refractivity contribution in [3.8, 4) is 11.5 Å². The van der Waals surface area contributed by atoms with Gasteiger partial charge in [-0.3, -0.25) is 0 Å². The Morgan fingerprint density at radius 1 is 1.29 bits per heavy atom. The number of methoxy groups -OCH3 is 2. The molecule has 1 unspecified atom stereocenters. The molecule has 1 aromatic rings. The molecule has 1 saturated heterocycles. The molecule has 1 heterocycles. The number of nitrogens with one attached hydrogen (secondary N) is 1. The molecular formula is C13H19BrN2O4S. The first-order chi connectivity index (χ1) is 9.91. The van der Waals surface area contributed by atoms with Crippen LogP contribution in [0.3, 0.4) is 0 Å². The minimum Gasteiger partial charge on any atom is -0.496 e. The van der Waals surface area contributed by atoms with Crippen LogP contribution in [0.4, 0.5) is 0 Å². The summed E-state index contributed by atoms with van der Waals surface area (Å²) in [5.74, 6) is 0.743. The van der Waals surface area contributed by atoms with Crippen LogP contribution in [0.2, 0.25) is 0 Å². The van der Waals surface area contributed by atoms with Gasteiger partial charge in [-0.05, 0) is 35.0 Å². The fourth-order valence-corrected chi connectivity index (χ4v) is 4.35. The first-order valence-corrected chi connectivity index (χ1v) is 8.75. The van der Waals surface area contributed by atoms with Crippen LogP contribution in [0.15, 0.2) is 21.5 Å². The Bertz CT molecular complexity index is 615. The van der Waals surface area contributed by atoms with Gasteiger partial charge < -0.3 is 14.8 Å².